The molecule has 0 radical (unpaired) electrons. The minimum absolute atomic E-state index is 0.387. The molecular formula is C20H12Br2N2O4. The van der Waals surface area contributed by atoms with E-state index < -0.39 is 11.9 Å². The second-order valence-corrected chi connectivity index (χ2v) is 7.30. The van der Waals surface area contributed by atoms with Crippen LogP contribution in [0.15, 0.2) is 92.1 Å². The summed E-state index contributed by atoms with van der Waals surface area (Å²) in [5.74, 6) is -1.13. The van der Waals surface area contributed by atoms with Crippen molar-refractivity contribution in [2.75, 3.05) is 0 Å². The quantitative estimate of drug-likeness (QED) is 0.332. The van der Waals surface area contributed by atoms with Crippen LogP contribution in [-0.4, -0.2) is 23.4 Å². The summed E-state index contributed by atoms with van der Waals surface area (Å²) >= 11 is 6.59. The van der Waals surface area contributed by atoms with Crippen LogP contribution < -0.4 is 0 Å². The Balaban J connectivity index is 1.55. The second kappa shape index (κ2) is 9.38. The molecule has 0 saturated carbocycles. The maximum atomic E-state index is 11.9. The zero-order chi connectivity index (χ0) is 19.9. The van der Waals surface area contributed by atoms with E-state index in [0.29, 0.717) is 22.6 Å². The molecule has 0 heterocycles. The Morgan fingerprint density at radius 3 is 1.25 bits per heavy atom. The number of nitrogens with zero attached hydrogens (tertiary/aromatic N) is 2. The number of hydrogen-bond donors (Lipinski definition) is 0. The lowest BCUT2D eigenvalue weighted by Crippen LogP contribution is -2.06. The van der Waals surface area contributed by atoms with E-state index in [1.807, 2.05) is 0 Å². The molecule has 8 heteroatoms. The predicted molar refractivity (Wildman–Crippen MR) is 112 cm³/mol. The third-order valence-corrected chi connectivity index (χ3v) is 4.53. The van der Waals surface area contributed by atoms with Gasteiger partial charge in [-0.3, -0.25) is 0 Å². The van der Waals surface area contributed by atoms with Crippen molar-refractivity contribution in [3.05, 3.63) is 92.9 Å². The van der Waals surface area contributed by atoms with Crippen molar-refractivity contribution < 1.29 is 19.3 Å². The van der Waals surface area contributed by atoms with Crippen LogP contribution >= 0.6 is 31.9 Å². The first-order valence-corrected chi connectivity index (χ1v) is 9.56. The third-order valence-electron chi connectivity index (χ3n) is 3.48. The minimum atomic E-state index is -0.565. The van der Waals surface area contributed by atoms with Crippen molar-refractivity contribution in [1.82, 2.24) is 0 Å². The Labute approximate surface area is 177 Å². The van der Waals surface area contributed by atoms with E-state index in [4.69, 9.17) is 9.68 Å². The Hall–Kier alpha value is -2.84. The molecule has 0 spiro atoms. The van der Waals surface area contributed by atoms with Gasteiger partial charge in [-0.05, 0) is 72.8 Å². The molecular weight excluding hydrogens is 492 g/mol. The summed E-state index contributed by atoms with van der Waals surface area (Å²) < 4.78 is 1.72. The van der Waals surface area contributed by atoms with Gasteiger partial charge >= 0.3 is 11.9 Å². The number of halogens is 2. The number of oxime groups is 2. The molecule has 1 aliphatic carbocycles. The van der Waals surface area contributed by atoms with Crippen molar-refractivity contribution in [3.8, 4) is 0 Å². The summed E-state index contributed by atoms with van der Waals surface area (Å²) in [7, 11) is 0. The number of allylic oxidation sites excluding steroid dienone is 4. The third kappa shape index (κ3) is 5.58. The van der Waals surface area contributed by atoms with Crippen LogP contribution in [0.5, 0.6) is 0 Å². The van der Waals surface area contributed by atoms with Crippen LogP contribution in [0.1, 0.15) is 20.7 Å². The van der Waals surface area contributed by atoms with Crippen LogP contribution in [0.4, 0.5) is 0 Å². The van der Waals surface area contributed by atoms with Gasteiger partial charge in [0.05, 0.1) is 11.1 Å². The highest BCUT2D eigenvalue weighted by Gasteiger charge is 2.09. The zero-order valence-corrected chi connectivity index (χ0v) is 17.4. The summed E-state index contributed by atoms with van der Waals surface area (Å²) in [6.45, 7) is 0. The predicted octanol–water partition coefficient (Wildman–Crippen LogP) is 5.06. The van der Waals surface area contributed by atoms with Crippen molar-refractivity contribution in [2.45, 2.75) is 0 Å². The smallest absolute Gasteiger partial charge is 0.312 e. The standard InChI is InChI=1S/C20H12Br2N2O4/c21-15-5-1-13(2-6-15)19(25)27-23-17-9-11-18(12-10-17)24-28-20(26)14-3-7-16(22)8-4-14/h1-12H. The molecule has 140 valence electrons. The van der Waals surface area contributed by atoms with Crippen molar-refractivity contribution in [1.29, 1.82) is 0 Å². The Bertz CT molecular complexity index is 908. The van der Waals surface area contributed by atoms with Crippen LogP contribution in [0.25, 0.3) is 0 Å². The average Bonchev–Trinajstić information content (AvgIpc) is 2.72. The fraction of sp³-hybridized carbons (Fsp3) is 0. The molecule has 0 fully saturated rings. The van der Waals surface area contributed by atoms with E-state index in [-0.39, 0.29) is 0 Å². The average molecular weight is 504 g/mol. The van der Waals surface area contributed by atoms with Crippen molar-refractivity contribution in [3.63, 3.8) is 0 Å². The maximum absolute atomic E-state index is 11.9. The van der Waals surface area contributed by atoms with Gasteiger partial charge in [0.15, 0.2) is 0 Å². The summed E-state index contributed by atoms with van der Waals surface area (Å²) in [5.41, 5.74) is 1.61. The monoisotopic (exact) mass is 502 g/mol. The summed E-state index contributed by atoms with van der Waals surface area (Å²) in [6, 6.07) is 13.5. The molecule has 0 amide bonds. The SMILES string of the molecule is O=C(ON=C1C=CC(=NOC(=O)c2ccc(Br)cc2)C=C1)c1ccc(Br)cc1. The van der Waals surface area contributed by atoms with Gasteiger partial charge in [-0.1, -0.05) is 42.2 Å². The number of carbonyl (C=O) groups is 2. The Morgan fingerprint density at radius 1 is 0.607 bits per heavy atom. The molecule has 1 aliphatic rings. The normalized spacial score (nSPS) is 12.5. The Kier molecular flexibility index (Phi) is 6.67. The van der Waals surface area contributed by atoms with Crippen LogP contribution in [0, 0.1) is 0 Å². The Morgan fingerprint density at radius 2 is 0.929 bits per heavy atom. The topological polar surface area (TPSA) is 77.3 Å². The van der Waals surface area contributed by atoms with Crippen LogP contribution in [-0.2, 0) is 9.68 Å². The highest BCUT2D eigenvalue weighted by atomic mass is 79.9. The van der Waals surface area contributed by atoms with Crippen LogP contribution in [0.3, 0.4) is 0 Å². The first kappa shape index (κ1) is 19.9. The van der Waals surface area contributed by atoms with Gasteiger partial charge in [0.1, 0.15) is 11.4 Å². The summed E-state index contributed by atoms with van der Waals surface area (Å²) in [6.07, 6.45) is 6.34. The second-order valence-electron chi connectivity index (χ2n) is 5.47. The molecule has 2 aromatic carbocycles. The zero-order valence-electron chi connectivity index (χ0n) is 14.2. The fourth-order valence-electron chi connectivity index (χ4n) is 2.04. The van der Waals surface area contributed by atoms with Crippen molar-refractivity contribution >= 4 is 55.2 Å². The molecule has 0 N–H and O–H groups in total. The van der Waals surface area contributed by atoms with E-state index in [9.17, 15) is 9.59 Å². The van der Waals surface area contributed by atoms with Crippen molar-refractivity contribution in [2.24, 2.45) is 10.3 Å². The first-order chi connectivity index (χ1) is 13.5. The summed E-state index contributed by atoms with van der Waals surface area (Å²) in [4.78, 5) is 33.7. The van der Waals surface area contributed by atoms with E-state index in [2.05, 4.69) is 42.2 Å². The van der Waals surface area contributed by atoms with Gasteiger partial charge in [-0.15, -0.1) is 0 Å². The molecule has 0 aromatic heterocycles. The molecule has 0 saturated heterocycles. The number of hydrogen-bond acceptors (Lipinski definition) is 6. The molecule has 0 aliphatic heterocycles. The lowest BCUT2D eigenvalue weighted by molar-refractivity contribution is 0.0508. The molecule has 6 nitrogen and oxygen atoms in total. The number of rotatable bonds is 4. The molecule has 3 rings (SSSR count). The minimum Gasteiger partial charge on any atom is -0.312 e. The van der Waals surface area contributed by atoms with Gasteiger partial charge in [-0.2, -0.15) is 0 Å². The molecule has 0 unspecified atom stereocenters. The summed E-state index contributed by atoms with van der Waals surface area (Å²) in [5, 5.41) is 7.56. The number of benzene rings is 2. The van der Waals surface area contributed by atoms with Gasteiger partial charge in [0.25, 0.3) is 0 Å². The fourth-order valence-corrected chi connectivity index (χ4v) is 2.57. The van der Waals surface area contributed by atoms with E-state index >= 15 is 0 Å². The highest BCUT2D eigenvalue weighted by Crippen LogP contribution is 2.13. The van der Waals surface area contributed by atoms with E-state index in [1.165, 1.54) is 0 Å². The maximum Gasteiger partial charge on any atom is 0.365 e. The lowest BCUT2D eigenvalue weighted by atomic mass is 10.1. The molecule has 28 heavy (non-hydrogen) atoms. The molecule has 2 aromatic rings. The molecule has 0 bridgehead atoms. The molecule has 0 atom stereocenters. The first-order valence-electron chi connectivity index (χ1n) is 7.97. The van der Waals surface area contributed by atoms with E-state index in [0.717, 1.165) is 8.95 Å². The van der Waals surface area contributed by atoms with Gasteiger partial charge in [-0.25, -0.2) is 9.59 Å². The highest BCUT2D eigenvalue weighted by molar-refractivity contribution is 9.10. The van der Waals surface area contributed by atoms with Crippen LogP contribution in [0.2, 0.25) is 0 Å². The lowest BCUT2D eigenvalue weighted by Gasteiger charge is -2.03. The number of carbonyl (C=O) groups excluding carboxylic acids is 2. The van der Waals surface area contributed by atoms with E-state index in [1.54, 1.807) is 72.8 Å². The van der Waals surface area contributed by atoms with Gasteiger partial charge < -0.3 is 9.68 Å². The largest absolute Gasteiger partial charge is 0.365 e. The van der Waals surface area contributed by atoms with Gasteiger partial charge in [0.2, 0.25) is 0 Å². The van der Waals surface area contributed by atoms with Gasteiger partial charge in [0, 0.05) is 8.95 Å².